The molecule has 1 unspecified atom stereocenters. The fraction of sp³-hybridized carbons (Fsp3) is 1.00. The summed E-state index contributed by atoms with van der Waals surface area (Å²) < 4.78 is 5.14. The second kappa shape index (κ2) is 2.89. The van der Waals surface area contributed by atoms with Crippen LogP contribution < -0.4 is 0 Å². The smallest absolute Gasteiger partial charge is 0.0822 e. The van der Waals surface area contributed by atoms with Gasteiger partial charge >= 0.3 is 0 Å². The molecule has 10 heavy (non-hydrogen) atoms. The van der Waals surface area contributed by atoms with Crippen molar-refractivity contribution >= 4 is 0 Å². The van der Waals surface area contributed by atoms with Crippen LogP contribution in [0, 0.1) is 0 Å². The Morgan fingerprint density at radius 2 is 2.00 bits per heavy atom. The van der Waals surface area contributed by atoms with Crippen LogP contribution >= 0.6 is 0 Å². The minimum atomic E-state index is 0.626. The third-order valence-electron chi connectivity index (χ3n) is 2.37. The largest absolute Gasteiger partial charge is 0.373 e. The monoisotopic (exact) mass is 141 g/mol. The summed E-state index contributed by atoms with van der Waals surface area (Å²) in [5.74, 6) is 0. The van der Waals surface area contributed by atoms with Crippen LogP contribution in [0.2, 0.25) is 0 Å². The highest BCUT2D eigenvalue weighted by Gasteiger charge is 2.23. The molecule has 0 N–H and O–H groups in total. The van der Waals surface area contributed by atoms with Gasteiger partial charge in [0.05, 0.1) is 12.7 Å². The lowest BCUT2D eigenvalue weighted by Crippen LogP contribution is -2.21. The molecule has 0 radical (unpaired) electrons. The number of hydrogen-bond donors (Lipinski definition) is 0. The molecule has 0 aromatic heterocycles. The van der Waals surface area contributed by atoms with Crippen LogP contribution in [-0.2, 0) is 4.74 Å². The highest BCUT2D eigenvalue weighted by molar-refractivity contribution is 4.73. The molecule has 2 aliphatic heterocycles. The molecule has 2 aliphatic rings. The maximum atomic E-state index is 5.14. The van der Waals surface area contributed by atoms with Gasteiger partial charge in [-0.05, 0) is 32.4 Å². The van der Waals surface area contributed by atoms with Gasteiger partial charge in [0.15, 0.2) is 0 Å². The summed E-state index contributed by atoms with van der Waals surface area (Å²) >= 11 is 0. The lowest BCUT2D eigenvalue weighted by molar-refractivity contribution is 0.304. The summed E-state index contributed by atoms with van der Waals surface area (Å²) in [5.41, 5.74) is 0. The number of likely N-dealkylation sites (tertiary alicyclic amines) is 1. The summed E-state index contributed by atoms with van der Waals surface area (Å²) in [6.45, 7) is 4.94. The standard InChI is InChI=1S/C8H15NO/c1-2-5-9(4-1)6-3-8-7-10-8/h8H,1-7H2. The van der Waals surface area contributed by atoms with Crippen LogP contribution in [0.4, 0.5) is 0 Å². The Labute approximate surface area is 62.2 Å². The lowest BCUT2D eigenvalue weighted by Gasteiger charge is -2.12. The second-order valence-electron chi connectivity index (χ2n) is 3.29. The first-order valence-corrected chi connectivity index (χ1v) is 4.29. The highest BCUT2D eigenvalue weighted by atomic mass is 16.6. The summed E-state index contributed by atoms with van der Waals surface area (Å²) in [6.07, 6.45) is 4.71. The van der Waals surface area contributed by atoms with Crippen LogP contribution in [0.5, 0.6) is 0 Å². The molecule has 0 spiro atoms. The van der Waals surface area contributed by atoms with Crippen molar-refractivity contribution in [3.8, 4) is 0 Å². The number of hydrogen-bond acceptors (Lipinski definition) is 2. The molecule has 0 aromatic carbocycles. The van der Waals surface area contributed by atoms with Crippen LogP contribution in [0.1, 0.15) is 19.3 Å². The molecule has 0 bridgehead atoms. The zero-order valence-electron chi connectivity index (χ0n) is 6.38. The van der Waals surface area contributed by atoms with Crippen LogP contribution in [-0.4, -0.2) is 37.2 Å². The topological polar surface area (TPSA) is 15.8 Å². The lowest BCUT2D eigenvalue weighted by atomic mass is 10.3. The van der Waals surface area contributed by atoms with E-state index in [1.165, 1.54) is 38.9 Å². The van der Waals surface area contributed by atoms with E-state index in [2.05, 4.69) is 4.90 Å². The summed E-state index contributed by atoms with van der Waals surface area (Å²) in [4.78, 5) is 2.54. The van der Waals surface area contributed by atoms with Gasteiger partial charge in [0.1, 0.15) is 0 Å². The van der Waals surface area contributed by atoms with Crippen molar-refractivity contribution in [2.45, 2.75) is 25.4 Å². The Hall–Kier alpha value is -0.0800. The highest BCUT2D eigenvalue weighted by Crippen LogP contribution is 2.15. The third-order valence-corrected chi connectivity index (χ3v) is 2.37. The first-order chi connectivity index (χ1) is 4.95. The predicted molar refractivity (Wildman–Crippen MR) is 40.0 cm³/mol. The van der Waals surface area contributed by atoms with Gasteiger partial charge in [-0.25, -0.2) is 0 Å². The molecule has 1 atom stereocenters. The van der Waals surface area contributed by atoms with E-state index in [1.54, 1.807) is 0 Å². The second-order valence-corrected chi connectivity index (χ2v) is 3.29. The van der Waals surface area contributed by atoms with Gasteiger partial charge < -0.3 is 9.64 Å². The van der Waals surface area contributed by atoms with E-state index in [-0.39, 0.29) is 0 Å². The minimum absolute atomic E-state index is 0.626. The van der Waals surface area contributed by atoms with Crippen LogP contribution in [0.15, 0.2) is 0 Å². The van der Waals surface area contributed by atoms with E-state index < -0.39 is 0 Å². The van der Waals surface area contributed by atoms with Crippen molar-refractivity contribution in [2.75, 3.05) is 26.2 Å². The SMILES string of the molecule is C1CCN(CCC2CO2)C1. The van der Waals surface area contributed by atoms with Crippen LogP contribution in [0.3, 0.4) is 0 Å². The Balaban J connectivity index is 1.59. The summed E-state index contributed by atoms with van der Waals surface area (Å²) in [7, 11) is 0. The molecule has 2 saturated heterocycles. The van der Waals surface area contributed by atoms with E-state index in [9.17, 15) is 0 Å². The van der Waals surface area contributed by atoms with Gasteiger partial charge in [-0.2, -0.15) is 0 Å². The number of ether oxygens (including phenoxy) is 1. The van der Waals surface area contributed by atoms with Crippen molar-refractivity contribution in [1.82, 2.24) is 4.90 Å². The number of epoxide rings is 1. The molecule has 58 valence electrons. The van der Waals surface area contributed by atoms with Crippen molar-refractivity contribution in [3.05, 3.63) is 0 Å². The van der Waals surface area contributed by atoms with Crippen molar-refractivity contribution in [3.63, 3.8) is 0 Å². The van der Waals surface area contributed by atoms with Crippen molar-refractivity contribution in [1.29, 1.82) is 0 Å². The molecule has 0 aromatic rings. The number of rotatable bonds is 3. The van der Waals surface area contributed by atoms with Gasteiger partial charge in [0.25, 0.3) is 0 Å². The molecule has 2 heteroatoms. The summed E-state index contributed by atoms with van der Waals surface area (Å²) in [6, 6.07) is 0. The number of nitrogens with zero attached hydrogens (tertiary/aromatic N) is 1. The zero-order valence-corrected chi connectivity index (χ0v) is 6.38. The average molecular weight is 141 g/mol. The molecule has 0 amide bonds. The van der Waals surface area contributed by atoms with Gasteiger partial charge in [0, 0.05) is 6.54 Å². The molecule has 2 fully saturated rings. The quantitative estimate of drug-likeness (QED) is 0.542. The predicted octanol–water partition coefficient (Wildman–Crippen LogP) is 0.871. The molecular weight excluding hydrogens is 126 g/mol. The minimum Gasteiger partial charge on any atom is -0.373 e. The third kappa shape index (κ3) is 1.70. The first-order valence-electron chi connectivity index (χ1n) is 4.29. The summed E-state index contributed by atoms with van der Waals surface area (Å²) in [5, 5.41) is 0. The van der Waals surface area contributed by atoms with E-state index in [0.717, 1.165) is 6.61 Å². The van der Waals surface area contributed by atoms with Gasteiger partial charge in [-0.3, -0.25) is 0 Å². The molecule has 2 rings (SSSR count). The van der Waals surface area contributed by atoms with E-state index in [1.807, 2.05) is 0 Å². The van der Waals surface area contributed by atoms with Crippen molar-refractivity contribution in [2.24, 2.45) is 0 Å². The Kier molecular flexibility index (Phi) is 1.91. The molecule has 2 nitrogen and oxygen atoms in total. The van der Waals surface area contributed by atoms with E-state index in [4.69, 9.17) is 4.74 Å². The molecule has 0 saturated carbocycles. The van der Waals surface area contributed by atoms with E-state index in [0.29, 0.717) is 6.10 Å². The molecule has 0 aliphatic carbocycles. The van der Waals surface area contributed by atoms with Gasteiger partial charge in [-0.15, -0.1) is 0 Å². The first kappa shape index (κ1) is 6.62. The molecule has 2 heterocycles. The zero-order chi connectivity index (χ0) is 6.81. The van der Waals surface area contributed by atoms with E-state index >= 15 is 0 Å². The fourth-order valence-corrected chi connectivity index (χ4v) is 1.57. The Morgan fingerprint density at radius 3 is 2.60 bits per heavy atom. The Morgan fingerprint density at radius 1 is 1.30 bits per heavy atom. The Bertz CT molecular complexity index is 106. The van der Waals surface area contributed by atoms with Crippen molar-refractivity contribution < 1.29 is 4.74 Å². The van der Waals surface area contributed by atoms with Crippen LogP contribution in [0.25, 0.3) is 0 Å². The fourth-order valence-electron chi connectivity index (χ4n) is 1.57. The average Bonchev–Trinajstić information content (AvgIpc) is 2.63. The normalized spacial score (nSPS) is 33.0. The maximum absolute atomic E-state index is 5.14. The van der Waals surface area contributed by atoms with Gasteiger partial charge in [0.2, 0.25) is 0 Å². The molecular formula is C8H15NO. The van der Waals surface area contributed by atoms with Gasteiger partial charge in [-0.1, -0.05) is 0 Å². The maximum Gasteiger partial charge on any atom is 0.0822 e.